The average molecular weight is 513 g/mol. The molecule has 2 atom stereocenters. The smallest absolute Gasteiger partial charge is 0.352 e. The number of hydrogen-bond donors (Lipinski definition) is 5. The molecule has 2 unspecified atom stereocenters. The van der Waals surface area contributed by atoms with Crippen molar-refractivity contribution in [3.05, 3.63) is 70.4 Å². The normalized spacial score (nSPS) is 12.9. The van der Waals surface area contributed by atoms with Gasteiger partial charge < -0.3 is 20.7 Å². The third-order valence-electron chi connectivity index (χ3n) is 5.82. The predicted octanol–water partition coefficient (Wildman–Crippen LogP) is 4.41. The summed E-state index contributed by atoms with van der Waals surface area (Å²) in [6, 6.07) is 12.5. The van der Waals surface area contributed by atoms with E-state index in [4.69, 9.17) is 11.6 Å². The molecule has 0 spiro atoms. The van der Waals surface area contributed by atoms with E-state index in [0.717, 1.165) is 12.0 Å². The van der Waals surface area contributed by atoms with Crippen LogP contribution in [0.4, 0.5) is 0 Å². The fraction of sp³-hybridized carbons (Fsp3) is 0.370. The van der Waals surface area contributed by atoms with Gasteiger partial charge in [-0.25, -0.2) is 4.79 Å². The summed E-state index contributed by atoms with van der Waals surface area (Å²) in [4.78, 5) is 41.8. The van der Waals surface area contributed by atoms with E-state index in [0.29, 0.717) is 28.9 Å². The molecule has 1 aromatic heterocycles. The second kappa shape index (κ2) is 12.6. The van der Waals surface area contributed by atoms with Gasteiger partial charge in [-0.3, -0.25) is 14.9 Å². The van der Waals surface area contributed by atoms with Crippen molar-refractivity contribution in [2.24, 2.45) is 5.92 Å². The Morgan fingerprint density at radius 3 is 2.39 bits per heavy atom. The average Bonchev–Trinajstić information content (AvgIpc) is 3.22. The molecule has 0 aliphatic rings. The molecule has 9 heteroatoms. The van der Waals surface area contributed by atoms with Crippen molar-refractivity contribution in [1.82, 2.24) is 20.9 Å². The highest BCUT2D eigenvalue weighted by Gasteiger charge is 2.33. The number of H-pyrrole nitrogens is 1. The molecule has 1 heterocycles. The zero-order chi connectivity index (χ0) is 26.2. The summed E-state index contributed by atoms with van der Waals surface area (Å²) in [5.74, 6) is -1.72. The van der Waals surface area contributed by atoms with Crippen molar-refractivity contribution in [1.29, 1.82) is 0 Å². The van der Waals surface area contributed by atoms with E-state index in [1.807, 2.05) is 51.1 Å². The Labute approximate surface area is 215 Å². The van der Waals surface area contributed by atoms with E-state index in [-0.39, 0.29) is 29.6 Å². The quantitative estimate of drug-likeness (QED) is 0.246. The van der Waals surface area contributed by atoms with E-state index < -0.39 is 24.0 Å². The summed E-state index contributed by atoms with van der Waals surface area (Å²) in [5, 5.41) is 19.9. The first kappa shape index (κ1) is 27.2. The van der Waals surface area contributed by atoms with Gasteiger partial charge in [0.1, 0.15) is 11.7 Å². The van der Waals surface area contributed by atoms with Crippen LogP contribution in [-0.2, 0) is 16.1 Å². The molecule has 192 valence electrons. The van der Waals surface area contributed by atoms with Gasteiger partial charge in [-0.1, -0.05) is 68.8 Å². The number of aromatic nitrogens is 1. The third-order valence-corrected chi connectivity index (χ3v) is 6.05. The van der Waals surface area contributed by atoms with Crippen LogP contribution in [0.25, 0.3) is 10.9 Å². The van der Waals surface area contributed by atoms with Gasteiger partial charge in [-0.05, 0) is 36.5 Å². The van der Waals surface area contributed by atoms with E-state index in [9.17, 15) is 19.5 Å². The molecule has 0 aliphatic carbocycles. The lowest BCUT2D eigenvalue weighted by Crippen LogP contribution is -2.50. The molecule has 0 aliphatic heterocycles. The fourth-order valence-corrected chi connectivity index (χ4v) is 4.30. The summed E-state index contributed by atoms with van der Waals surface area (Å²) in [6.07, 6.45) is 1.24. The van der Waals surface area contributed by atoms with Crippen molar-refractivity contribution < 1.29 is 19.5 Å². The van der Waals surface area contributed by atoms with Gasteiger partial charge in [0.05, 0.1) is 6.04 Å². The molecule has 3 rings (SSSR count). The van der Waals surface area contributed by atoms with Gasteiger partial charge in [0.25, 0.3) is 0 Å². The van der Waals surface area contributed by atoms with Gasteiger partial charge in [-0.2, -0.15) is 0 Å². The van der Waals surface area contributed by atoms with Gasteiger partial charge in [0.2, 0.25) is 11.8 Å². The number of rotatable bonds is 12. The van der Waals surface area contributed by atoms with Crippen molar-refractivity contribution in [2.45, 2.75) is 52.2 Å². The van der Waals surface area contributed by atoms with Gasteiger partial charge in [-0.15, -0.1) is 0 Å². The zero-order valence-corrected chi connectivity index (χ0v) is 21.5. The van der Waals surface area contributed by atoms with Crippen LogP contribution in [0.15, 0.2) is 48.5 Å². The predicted molar refractivity (Wildman–Crippen MR) is 141 cm³/mol. The topological polar surface area (TPSA) is 123 Å². The lowest BCUT2D eigenvalue weighted by Gasteiger charge is -2.26. The number of nitrogens with one attached hydrogen (secondary N) is 4. The van der Waals surface area contributed by atoms with E-state index in [2.05, 4.69) is 20.9 Å². The van der Waals surface area contributed by atoms with Crippen molar-refractivity contribution >= 4 is 40.3 Å². The second-order valence-corrected chi connectivity index (χ2v) is 9.62. The molecule has 3 aromatic rings. The molecule has 2 amide bonds. The molecule has 2 aromatic carbocycles. The highest BCUT2D eigenvalue weighted by atomic mass is 35.5. The van der Waals surface area contributed by atoms with E-state index in [1.165, 1.54) is 0 Å². The molecule has 0 saturated heterocycles. The van der Waals surface area contributed by atoms with Crippen LogP contribution >= 0.6 is 11.6 Å². The maximum Gasteiger partial charge on any atom is 0.352 e. The molecule has 8 nitrogen and oxygen atoms in total. The minimum absolute atomic E-state index is 0.128. The summed E-state index contributed by atoms with van der Waals surface area (Å²) in [7, 11) is 0. The highest BCUT2D eigenvalue weighted by molar-refractivity contribution is 6.31. The van der Waals surface area contributed by atoms with Crippen molar-refractivity contribution in [3.8, 4) is 0 Å². The summed E-state index contributed by atoms with van der Waals surface area (Å²) < 4.78 is 0. The molecular formula is C27H33ClN4O4. The second-order valence-electron chi connectivity index (χ2n) is 9.18. The standard InChI is InChI=1S/C27H33ClN4O4/c1-4-12-29-25(33)21(13-16(2)3)32-23(26(34)30-15-17-8-6-5-7-9-17)22-19-11-10-18(28)14-20(19)31-24(22)27(35)36/h5-11,14,16,21,23,31-32H,4,12-13,15H2,1-3H3,(H,29,33)(H,30,34)(H,35,36). The van der Waals surface area contributed by atoms with Crippen LogP contribution in [0.2, 0.25) is 5.02 Å². The third kappa shape index (κ3) is 6.86. The first-order chi connectivity index (χ1) is 17.2. The van der Waals surface area contributed by atoms with E-state index >= 15 is 0 Å². The summed E-state index contributed by atoms with van der Waals surface area (Å²) >= 11 is 6.14. The Hall–Kier alpha value is -3.36. The number of carbonyl (C=O) groups excluding carboxylic acids is 2. The molecule has 0 saturated carbocycles. The first-order valence-corrected chi connectivity index (χ1v) is 12.5. The molecule has 36 heavy (non-hydrogen) atoms. The Kier molecular flexibility index (Phi) is 9.50. The van der Waals surface area contributed by atoms with Gasteiger partial charge in [0, 0.05) is 34.6 Å². The zero-order valence-electron chi connectivity index (χ0n) is 20.7. The van der Waals surface area contributed by atoms with E-state index in [1.54, 1.807) is 18.2 Å². The minimum atomic E-state index is -1.21. The molecule has 0 fully saturated rings. The number of benzene rings is 2. The minimum Gasteiger partial charge on any atom is -0.477 e. The molecular weight excluding hydrogens is 480 g/mol. The number of hydrogen-bond acceptors (Lipinski definition) is 4. The number of carboxylic acids is 1. The fourth-order valence-electron chi connectivity index (χ4n) is 4.13. The Morgan fingerprint density at radius 1 is 1.03 bits per heavy atom. The van der Waals surface area contributed by atoms with Crippen molar-refractivity contribution in [3.63, 3.8) is 0 Å². The highest BCUT2D eigenvalue weighted by Crippen LogP contribution is 2.31. The number of fused-ring (bicyclic) bond motifs is 1. The maximum atomic E-state index is 13.6. The largest absolute Gasteiger partial charge is 0.477 e. The van der Waals surface area contributed by atoms with Crippen LogP contribution in [-0.4, -0.2) is 40.5 Å². The monoisotopic (exact) mass is 512 g/mol. The molecule has 0 radical (unpaired) electrons. The van der Waals surface area contributed by atoms with Crippen LogP contribution in [0.5, 0.6) is 0 Å². The van der Waals surface area contributed by atoms with Crippen LogP contribution < -0.4 is 16.0 Å². The van der Waals surface area contributed by atoms with Gasteiger partial charge >= 0.3 is 5.97 Å². The maximum absolute atomic E-state index is 13.6. The molecule has 5 N–H and O–H groups in total. The number of carboxylic acid groups (broad SMARTS) is 1. The summed E-state index contributed by atoms with van der Waals surface area (Å²) in [6.45, 7) is 6.70. The SMILES string of the molecule is CCCNC(=O)C(CC(C)C)NC(C(=O)NCc1ccccc1)c1c(C(=O)O)[nH]c2cc(Cl)ccc12. The number of carbonyl (C=O) groups is 3. The first-order valence-electron chi connectivity index (χ1n) is 12.1. The van der Waals surface area contributed by atoms with Crippen LogP contribution in [0.1, 0.15) is 61.3 Å². The molecule has 0 bridgehead atoms. The Bertz CT molecular complexity index is 1210. The number of aromatic amines is 1. The number of amides is 2. The number of halogens is 1. The lowest BCUT2D eigenvalue weighted by molar-refractivity contribution is -0.126. The number of aromatic carboxylic acids is 1. The van der Waals surface area contributed by atoms with Crippen molar-refractivity contribution in [2.75, 3.05) is 6.54 Å². The summed E-state index contributed by atoms with van der Waals surface area (Å²) in [5.41, 5.74) is 1.52. The van der Waals surface area contributed by atoms with Gasteiger partial charge in [0.15, 0.2) is 0 Å². The Morgan fingerprint density at radius 2 is 1.75 bits per heavy atom. The Balaban J connectivity index is 2.05. The van der Waals surface area contributed by atoms with Crippen LogP contribution in [0.3, 0.4) is 0 Å². The van der Waals surface area contributed by atoms with Crippen LogP contribution in [0, 0.1) is 5.92 Å². The lowest BCUT2D eigenvalue weighted by atomic mass is 9.97.